The second-order valence-electron chi connectivity index (χ2n) is 9.21. The van der Waals surface area contributed by atoms with Gasteiger partial charge in [-0.2, -0.15) is 4.98 Å². The number of hydrogen-bond acceptors (Lipinski definition) is 10. The number of alkyl carbamates (subject to hydrolysis) is 1. The van der Waals surface area contributed by atoms with Crippen LogP contribution in [0.3, 0.4) is 0 Å². The first-order valence-corrected chi connectivity index (χ1v) is 11.9. The zero-order valence-corrected chi connectivity index (χ0v) is 22.2. The fourth-order valence-electron chi connectivity index (χ4n) is 3.43. The molecule has 39 heavy (non-hydrogen) atoms. The summed E-state index contributed by atoms with van der Waals surface area (Å²) in [5, 5.41) is 7.09. The highest BCUT2D eigenvalue weighted by Crippen LogP contribution is 2.25. The molecule has 0 spiro atoms. The molecule has 208 valence electrons. The van der Waals surface area contributed by atoms with Crippen molar-refractivity contribution >= 4 is 23.7 Å². The molecule has 0 radical (unpaired) electrons. The first-order valence-electron chi connectivity index (χ1n) is 11.9. The fourth-order valence-corrected chi connectivity index (χ4v) is 3.43. The molecule has 3 rings (SSSR count). The van der Waals surface area contributed by atoms with Crippen molar-refractivity contribution in [2.45, 2.75) is 45.8 Å². The van der Waals surface area contributed by atoms with Gasteiger partial charge in [0.25, 0.3) is 5.91 Å². The first kappa shape index (κ1) is 29.0. The summed E-state index contributed by atoms with van der Waals surface area (Å²) < 4.78 is 34.4. The molecule has 2 amide bonds. The lowest BCUT2D eigenvalue weighted by atomic mass is 10.1. The van der Waals surface area contributed by atoms with Gasteiger partial charge in [-0.1, -0.05) is 17.3 Å². The van der Waals surface area contributed by atoms with Crippen LogP contribution in [-0.2, 0) is 20.7 Å². The highest BCUT2D eigenvalue weighted by molar-refractivity contribution is 6.04. The molecule has 1 heterocycles. The SMILES string of the molecule is CCOC(=O)c1ccccc1N(N)C(=O)C(Cc1nc(-c2ccc(F)c(OC)c2)no1)NC(=O)OC(C)(C)C. The van der Waals surface area contributed by atoms with Gasteiger partial charge in [0.1, 0.15) is 11.6 Å². The van der Waals surface area contributed by atoms with Crippen LogP contribution in [0.5, 0.6) is 5.75 Å². The first-order chi connectivity index (χ1) is 18.4. The van der Waals surface area contributed by atoms with Gasteiger partial charge in [-0.15, -0.1) is 0 Å². The maximum atomic E-state index is 13.8. The van der Waals surface area contributed by atoms with Crippen LogP contribution in [-0.4, -0.2) is 53.5 Å². The number of nitrogens with two attached hydrogens (primary N) is 1. The molecule has 0 bridgehead atoms. The van der Waals surface area contributed by atoms with Crippen LogP contribution in [0.2, 0.25) is 0 Å². The van der Waals surface area contributed by atoms with Crippen molar-refractivity contribution in [3.8, 4) is 17.1 Å². The van der Waals surface area contributed by atoms with E-state index < -0.39 is 35.4 Å². The molecule has 0 aliphatic rings. The topological polar surface area (TPSA) is 159 Å². The van der Waals surface area contributed by atoms with Gasteiger partial charge in [0.2, 0.25) is 11.7 Å². The molecule has 1 unspecified atom stereocenters. The monoisotopic (exact) mass is 543 g/mol. The maximum absolute atomic E-state index is 13.8. The van der Waals surface area contributed by atoms with Crippen molar-refractivity contribution < 1.29 is 37.5 Å². The molecule has 0 saturated carbocycles. The van der Waals surface area contributed by atoms with E-state index >= 15 is 0 Å². The molecule has 1 aromatic heterocycles. The summed E-state index contributed by atoms with van der Waals surface area (Å²) in [5.74, 6) is 4.15. The lowest BCUT2D eigenvalue weighted by molar-refractivity contribution is -0.120. The third kappa shape index (κ3) is 7.51. The fraction of sp³-hybridized carbons (Fsp3) is 0.346. The Morgan fingerprint density at radius 3 is 2.56 bits per heavy atom. The van der Waals surface area contributed by atoms with Crippen LogP contribution < -0.4 is 20.9 Å². The van der Waals surface area contributed by atoms with E-state index in [1.807, 2.05) is 0 Å². The van der Waals surface area contributed by atoms with E-state index in [2.05, 4.69) is 15.5 Å². The average molecular weight is 544 g/mol. The molecule has 3 N–H and O–H groups in total. The van der Waals surface area contributed by atoms with Crippen LogP contribution >= 0.6 is 0 Å². The minimum Gasteiger partial charge on any atom is -0.494 e. The van der Waals surface area contributed by atoms with Crippen molar-refractivity contribution in [1.82, 2.24) is 15.5 Å². The number of benzene rings is 2. The highest BCUT2D eigenvalue weighted by Gasteiger charge is 2.31. The summed E-state index contributed by atoms with van der Waals surface area (Å²) in [4.78, 5) is 42.8. The van der Waals surface area contributed by atoms with Crippen molar-refractivity contribution in [2.24, 2.45) is 5.84 Å². The van der Waals surface area contributed by atoms with Crippen LogP contribution in [0.25, 0.3) is 11.4 Å². The summed E-state index contributed by atoms with van der Waals surface area (Å²) in [6, 6.07) is 8.77. The van der Waals surface area contributed by atoms with Crippen molar-refractivity contribution in [1.29, 1.82) is 0 Å². The Morgan fingerprint density at radius 2 is 1.90 bits per heavy atom. The summed E-state index contributed by atoms with van der Waals surface area (Å²) >= 11 is 0. The predicted octanol–water partition coefficient (Wildman–Crippen LogP) is 3.40. The number of esters is 1. The lowest BCUT2D eigenvalue weighted by Crippen LogP contribution is -2.53. The zero-order valence-electron chi connectivity index (χ0n) is 22.2. The molecule has 0 aliphatic carbocycles. The second-order valence-corrected chi connectivity index (χ2v) is 9.21. The largest absolute Gasteiger partial charge is 0.494 e. The number of carbonyl (C=O) groups excluding carboxylic acids is 3. The summed E-state index contributed by atoms with van der Waals surface area (Å²) in [6.45, 7) is 6.75. The van der Waals surface area contributed by atoms with E-state index in [0.29, 0.717) is 5.56 Å². The minimum atomic E-state index is -1.34. The van der Waals surface area contributed by atoms with E-state index in [9.17, 15) is 18.8 Å². The van der Waals surface area contributed by atoms with E-state index in [1.165, 1.54) is 37.4 Å². The van der Waals surface area contributed by atoms with Gasteiger partial charge in [0.15, 0.2) is 11.6 Å². The van der Waals surface area contributed by atoms with Crippen LogP contribution in [0, 0.1) is 5.82 Å². The number of rotatable bonds is 9. The van der Waals surface area contributed by atoms with Gasteiger partial charge in [-0.05, 0) is 58.0 Å². The van der Waals surface area contributed by atoms with Crippen molar-refractivity contribution in [2.75, 3.05) is 18.7 Å². The summed E-state index contributed by atoms with van der Waals surface area (Å²) in [5.41, 5.74) is -0.344. The van der Waals surface area contributed by atoms with E-state index in [4.69, 9.17) is 24.6 Å². The van der Waals surface area contributed by atoms with Gasteiger partial charge in [0, 0.05) is 5.56 Å². The van der Waals surface area contributed by atoms with Crippen LogP contribution in [0.15, 0.2) is 47.0 Å². The molecule has 0 saturated heterocycles. The Labute approximate surface area is 224 Å². The molecule has 3 aromatic rings. The number of amides is 2. The Kier molecular flexibility index (Phi) is 9.20. The maximum Gasteiger partial charge on any atom is 0.408 e. The Bertz CT molecular complexity index is 1340. The number of anilines is 1. The van der Waals surface area contributed by atoms with Crippen molar-refractivity contribution in [3.63, 3.8) is 0 Å². The van der Waals surface area contributed by atoms with E-state index in [-0.39, 0.29) is 41.7 Å². The normalized spacial score (nSPS) is 11.9. The molecular weight excluding hydrogens is 513 g/mol. The van der Waals surface area contributed by atoms with Crippen LogP contribution in [0.4, 0.5) is 14.9 Å². The number of methoxy groups -OCH3 is 1. The highest BCUT2D eigenvalue weighted by atomic mass is 19.1. The van der Waals surface area contributed by atoms with Crippen LogP contribution in [0.1, 0.15) is 43.9 Å². The average Bonchev–Trinajstić information content (AvgIpc) is 3.35. The van der Waals surface area contributed by atoms with E-state index in [0.717, 1.165) is 5.01 Å². The standard InChI is InChI=1S/C26H30FN5O7/c1-6-37-24(34)16-9-7-8-10-19(16)32(28)23(33)18(29-25(35)38-26(2,3)4)14-21-30-22(31-39-21)15-11-12-17(27)20(13-15)36-5/h7-13,18H,6,14,28H2,1-5H3,(H,29,35). The molecule has 12 nitrogen and oxygen atoms in total. The van der Waals surface area contributed by atoms with Gasteiger partial charge in [-0.3, -0.25) is 4.79 Å². The number of ether oxygens (including phenoxy) is 3. The Hall–Kier alpha value is -4.52. The third-order valence-electron chi connectivity index (χ3n) is 5.14. The molecule has 0 fully saturated rings. The smallest absolute Gasteiger partial charge is 0.408 e. The minimum absolute atomic E-state index is 0.0162. The molecule has 1 atom stereocenters. The molecule has 13 heteroatoms. The van der Waals surface area contributed by atoms with Gasteiger partial charge >= 0.3 is 12.1 Å². The van der Waals surface area contributed by atoms with Crippen molar-refractivity contribution in [3.05, 3.63) is 59.7 Å². The summed E-state index contributed by atoms with van der Waals surface area (Å²) in [6.07, 6.45) is -1.17. The zero-order chi connectivity index (χ0) is 28.7. The molecular formula is C26H30FN5O7. The lowest BCUT2D eigenvalue weighted by Gasteiger charge is -2.26. The number of nitrogens with zero attached hydrogens (tertiary/aromatic N) is 3. The number of halogens is 1. The Balaban J connectivity index is 1.91. The quantitative estimate of drug-likeness (QED) is 0.177. The number of nitrogens with one attached hydrogen (secondary N) is 1. The second kappa shape index (κ2) is 12.3. The number of aromatic nitrogens is 2. The van der Waals surface area contributed by atoms with Gasteiger partial charge in [0.05, 0.1) is 31.4 Å². The number of para-hydroxylation sites is 1. The van der Waals surface area contributed by atoms with Gasteiger partial charge in [-0.25, -0.2) is 24.8 Å². The molecule has 0 aliphatic heterocycles. The van der Waals surface area contributed by atoms with E-state index in [1.54, 1.807) is 39.8 Å². The number of hydrazine groups is 1. The summed E-state index contributed by atoms with van der Waals surface area (Å²) in [7, 11) is 1.32. The number of carbonyl (C=O) groups is 3. The number of hydrogen-bond donors (Lipinski definition) is 2. The Morgan fingerprint density at radius 1 is 1.18 bits per heavy atom. The predicted molar refractivity (Wildman–Crippen MR) is 137 cm³/mol. The van der Waals surface area contributed by atoms with Gasteiger partial charge < -0.3 is 24.1 Å². The molecule has 2 aromatic carbocycles. The third-order valence-corrected chi connectivity index (χ3v) is 5.14.